The van der Waals surface area contributed by atoms with Crippen LogP contribution in [-0.4, -0.2) is 77.7 Å². The Bertz CT molecular complexity index is 664. The number of ether oxygens (including phenoxy) is 1. The molecule has 9 heteroatoms. The number of piperidine rings is 1. The topological polar surface area (TPSA) is 75.0 Å². The van der Waals surface area contributed by atoms with Gasteiger partial charge in [0.25, 0.3) is 0 Å². The molecular formula is C20H35IN6O2. The molecule has 1 amide bonds. The lowest BCUT2D eigenvalue weighted by molar-refractivity contribution is -0.140. The van der Waals surface area contributed by atoms with Crippen molar-refractivity contribution in [3.63, 3.8) is 0 Å². The van der Waals surface area contributed by atoms with Gasteiger partial charge in [-0.05, 0) is 18.8 Å². The summed E-state index contributed by atoms with van der Waals surface area (Å²) in [5.74, 6) is 2.90. The number of carbonyl (C=O) groups excluding carboxylic acids is 1. The van der Waals surface area contributed by atoms with E-state index in [2.05, 4.69) is 38.6 Å². The lowest BCUT2D eigenvalue weighted by Crippen LogP contribution is -2.49. The fourth-order valence-corrected chi connectivity index (χ4v) is 3.94. The van der Waals surface area contributed by atoms with Gasteiger partial charge in [-0.3, -0.25) is 9.79 Å². The van der Waals surface area contributed by atoms with Crippen LogP contribution in [0.5, 0.6) is 0 Å². The zero-order valence-electron chi connectivity index (χ0n) is 17.8. The molecule has 1 aromatic heterocycles. The van der Waals surface area contributed by atoms with E-state index < -0.39 is 0 Å². The fourth-order valence-electron chi connectivity index (χ4n) is 3.94. The highest BCUT2D eigenvalue weighted by Gasteiger charge is 2.30. The molecule has 1 aromatic rings. The van der Waals surface area contributed by atoms with Crippen molar-refractivity contribution in [2.24, 2.45) is 16.8 Å². The standard InChI is InChI=1S/C20H34N6O2.HI/c1-16(2)15-26-9-6-22-18(26)14-23-20(21-3)25-7-4-17(5-8-25)19(27)24-10-12-28-13-11-24;/h6,9,16-17H,4-5,7-8,10-15H2,1-3H3,(H,21,23);1H. The predicted octanol–water partition coefficient (Wildman–Crippen LogP) is 1.80. The van der Waals surface area contributed by atoms with Crippen LogP contribution < -0.4 is 5.32 Å². The lowest BCUT2D eigenvalue weighted by atomic mass is 9.95. The van der Waals surface area contributed by atoms with Gasteiger partial charge in [0.2, 0.25) is 5.91 Å². The van der Waals surface area contributed by atoms with E-state index in [1.54, 1.807) is 0 Å². The summed E-state index contributed by atoms with van der Waals surface area (Å²) in [4.78, 5) is 25.8. The molecule has 0 atom stereocenters. The maximum atomic E-state index is 12.7. The Morgan fingerprint density at radius 3 is 2.55 bits per heavy atom. The Labute approximate surface area is 191 Å². The maximum absolute atomic E-state index is 12.7. The Balaban J connectivity index is 0.00000300. The van der Waals surface area contributed by atoms with Gasteiger partial charge in [-0.2, -0.15) is 0 Å². The van der Waals surface area contributed by atoms with E-state index in [1.807, 2.05) is 24.3 Å². The molecule has 0 saturated carbocycles. The summed E-state index contributed by atoms with van der Waals surface area (Å²) < 4.78 is 7.55. The third-order valence-corrected chi connectivity index (χ3v) is 5.45. The zero-order chi connectivity index (χ0) is 19.9. The first-order chi connectivity index (χ1) is 13.6. The van der Waals surface area contributed by atoms with Gasteiger partial charge in [-0.1, -0.05) is 13.8 Å². The zero-order valence-corrected chi connectivity index (χ0v) is 20.2. The van der Waals surface area contributed by atoms with Crippen LogP contribution in [0.2, 0.25) is 0 Å². The molecule has 2 aliphatic heterocycles. The second-order valence-electron chi connectivity index (χ2n) is 7.99. The van der Waals surface area contributed by atoms with E-state index in [4.69, 9.17) is 4.74 Å². The number of nitrogens with one attached hydrogen (secondary N) is 1. The molecule has 1 N–H and O–H groups in total. The third-order valence-electron chi connectivity index (χ3n) is 5.45. The van der Waals surface area contributed by atoms with Crippen molar-refractivity contribution < 1.29 is 9.53 Å². The molecule has 0 unspecified atom stereocenters. The molecule has 3 heterocycles. The van der Waals surface area contributed by atoms with Crippen LogP contribution in [0.15, 0.2) is 17.4 Å². The highest BCUT2D eigenvalue weighted by atomic mass is 127. The predicted molar refractivity (Wildman–Crippen MR) is 124 cm³/mol. The summed E-state index contributed by atoms with van der Waals surface area (Å²) in [6.07, 6.45) is 5.63. The first kappa shape index (κ1) is 23.9. The number of likely N-dealkylation sites (tertiary alicyclic amines) is 1. The summed E-state index contributed by atoms with van der Waals surface area (Å²) in [5.41, 5.74) is 0. The van der Waals surface area contributed by atoms with Crippen molar-refractivity contribution >= 4 is 35.8 Å². The van der Waals surface area contributed by atoms with Gasteiger partial charge in [0.05, 0.1) is 19.8 Å². The van der Waals surface area contributed by atoms with E-state index in [0.29, 0.717) is 31.6 Å². The van der Waals surface area contributed by atoms with Crippen LogP contribution in [0.4, 0.5) is 0 Å². The average molecular weight is 518 g/mol. The lowest BCUT2D eigenvalue weighted by Gasteiger charge is -2.36. The van der Waals surface area contributed by atoms with E-state index in [-0.39, 0.29) is 29.9 Å². The van der Waals surface area contributed by atoms with Crippen LogP contribution in [0.25, 0.3) is 0 Å². The molecule has 8 nitrogen and oxygen atoms in total. The number of rotatable bonds is 5. The highest BCUT2D eigenvalue weighted by Crippen LogP contribution is 2.20. The number of halogens is 1. The van der Waals surface area contributed by atoms with Crippen LogP contribution in [-0.2, 0) is 22.6 Å². The van der Waals surface area contributed by atoms with E-state index in [9.17, 15) is 4.79 Å². The molecule has 2 aliphatic rings. The summed E-state index contributed by atoms with van der Waals surface area (Å²) in [7, 11) is 1.81. The monoisotopic (exact) mass is 518 g/mol. The van der Waals surface area contributed by atoms with Crippen molar-refractivity contribution in [3.05, 3.63) is 18.2 Å². The van der Waals surface area contributed by atoms with Crippen LogP contribution in [0, 0.1) is 11.8 Å². The normalized spacial score (nSPS) is 18.7. The van der Waals surface area contributed by atoms with Crippen molar-refractivity contribution in [2.75, 3.05) is 46.4 Å². The second-order valence-corrected chi connectivity index (χ2v) is 7.99. The minimum Gasteiger partial charge on any atom is -0.378 e. The van der Waals surface area contributed by atoms with Gasteiger partial charge in [-0.15, -0.1) is 24.0 Å². The number of imidazole rings is 1. The van der Waals surface area contributed by atoms with Gasteiger partial charge in [0.1, 0.15) is 5.82 Å². The molecule has 2 fully saturated rings. The van der Waals surface area contributed by atoms with E-state index >= 15 is 0 Å². The Hall–Kier alpha value is -1.36. The Morgan fingerprint density at radius 2 is 1.93 bits per heavy atom. The van der Waals surface area contributed by atoms with Gasteiger partial charge in [0, 0.05) is 58.1 Å². The van der Waals surface area contributed by atoms with Gasteiger partial charge in [-0.25, -0.2) is 4.98 Å². The SMILES string of the molecule is CN=C(NCc1nccn1CC(C)C)N1CCC(C(=O)N2CCOCC2)CC1.I. The smallest absolute Gasteiger partial charge is 0.225 e. The van der Waals surface area contributed by atoms with Crippen molar-refractivity contribution in [1.82, 2.24) is 24.7 Å². The van der Waals surface area contributed by atoms with Crippen molar-refractivity contribution in [1.29, 1.82) is 0 Å². The van der Waals surface area contributed by atoms with Crippen molar-refractivity contribution in [3.8, 4) is 0 Å². The van der Waals surface area contributed by atoms with Crippen LogP contribution in [0.1, 0.15) is 32.5 Å². The molecule has 0 bridgehead atoms. The summed E-state index contributed by atoms with van der Waals surface area (Å²) in [6, 6.07) is 0. The number of hydrogen-bond acceptors (Lipinski definition) is 4. The van der Waals surface area contributed by atoms with Crippen molar-refractivity contribution in [2.45, 2.75) is 39.8 Å². The Kier molecular flexibility index (Phi) is 9.67. The Morgan fingerprint density at radius 1 is 1.24 bits per heavy atom. The second kappa shape index (κ2) is 11.7. The molecule has 0 radical (unpaired) electrons. The first-order valence-corrected chi connectivity index (χ1v) is 10.4. The number of hydrogen-bond donors (Lipinski definition) is 1. The number of carbonyl (C=O) groups is 1. The molecule has 164 valence electrons. The number of amides is 1. The van der Waals surface area contributed by atoms with Gasteiger partial charge < -0.3 is 24.4 Å². The van der Waals surface area contributed by atoms with Gasteiger partial charge in [0.15, 0.2) is 5.96 Å². The molecule has 29 heavy (non-hydrogen) atoms. The van der Waals surface area contributed by atoms with Gasteiger partial charge >= 0.3 is 0 Å². The maximum Gasteiger partial charge on any atom is 0.225 e. The largest absolute Gasteiger partial charge is 0.378 e. The third kappa shape index (κ3) is 6.56. The number of guanidine groups is 1. The summed E-state index contributed by atoms with van der Waals surface area (Å²) in [6.45, 7) is 10.5. The first-order valence-electron chi connectivity index (χ1n) is 10.4. The number of aliphatic imine (C=N–C) groups is 1. The molecule has 2 saturated heterocycles. The fraction of sp³-hybridized carbons (Fsp3) is 0.750. The van der Waals surface area contributed by atoms with Crippen LogP contribution >= 0.6 is 24.0 Å². The summed E-state index contributed by atoms with van der Waals surface area (Å²) in [5, 5.41) is 3.44. The number of aromatic nitrogens is 2. The van der Waals surface area contributed by atoms with Crippen LogP contribution in [0.3, 0.4) is 0 Å². The molecule has 3 rings (SSSR count). The van der Waals surface area contributed by atoms with E-state index in [1.165, 1.54) is 0 Å². The minimum absolute atomic E-state index is 0. The number of morpholine rings is 1. The quantitative estimate of drug-likeness (QED) is 0.366. The highest BCUT2D eigenvalue weighted by molar-refractivity contribution is 14.0. The minimum atomic E-state index is 0. The average Bonchev–Trinajstić information content (AvgIpc) is 3.15. The van der Waals surface area contributed by atoms with E-state index in [0.717, 1.165) is 57.3 Å². The molecule has 0 aromatic carbocycles. The molecular weight excluding hydrogens is 483 g/mol. The number of nitrogens with zero attached hydrogens (tertiary/aromatic N) is 5. The summed E-state index contributed by atoms with van der Waals surface area (Å²) >= 11 is 0. The molecule has 0 spiro atoms. The molecule has 0 aliphatic carbocycles.